The molecule has 1 unspecified atom stereocenters. The van der Waals surface area contributed by atoms with E-state index in [1.165, 1.54) is 24.3 Å². The average molecular weight is 427 g/mol. The molecule has 1 amide bonds. The minimum absolute atomic E-state index is 0.102. The van der Waals surface area contributed by atoms with Crippen molar-refractivity contribution in [3.05, 3.63) is 53.6 Å². The van der Waals surface area contributed by atoms with Crippen LogP contribution in [0.25, 0.3) is 0 Å². The van der Waals surface area contributed by atoms with Crippen molar-refractivity contribution in [1.82, 2.24) is 0 Å². The predicted molar refractivity (Wildman–Crippen MR) is 109 cm³/mol. The van der Waals surface area contributed by atoms with Crippen molar-refractivity contribution in [3.8, 4) is 0 Å². The third-order valence-corrected chi connectivity index (χ3v) is 7.37. The summed E-state index contributed by atoms with van der Waals surface area (Å²) in [5.41, 5.74) is 1.88. The number of halogens is 2. The van der Waals surface area contributed by atoms with Crippen molar-refractivity contribution in [1.29, 1.82) is 0 Å². The van der Waals surface area contributed by atoms with Crippen LogP contribution in [0, 0.1) is 19.3 Å². The number of anilines is 2. The van der Waals surface area contributed by atoms with Crippen LogP contribution in [0.5, 0.6) is 0 Å². The number of carbonyl (C=O) groups excluding carboxylic acids is 1. The van der Waals surface area contributed by atoms with Gasteiger partial charge in [-0.25, -0.2) is 8.42 Å². The summed E-state index contributed by atoms with van der Waals surface area (Å²) in [6.45, 7) is 5.38. The van der Waals surface area contributed by atoms with Gasteiger partial charge in [0.1, 0.15) is 4.33 Å². The van der Waals surface area contributed by atoms with E-state index in [0.29, 0.717) is 17.8 Å². The highest BCUT2D eigenvalue weighted by Gasteiger charge is 2.67. The van der Waals surface area contributed by atoms with E-state index >= 15 is 0 Å². The molecule has 5 nitrogen and oxygen atoms in total. The second-order valence-electron chi connectivity index (χ2n) is 7.06. The summed E-state index contributed by atoms with van der Waals surface area (Å²) in [5.74, 6) is -0.295. The Labute approximate surface area is 169 Å². The molecule has 2 N–H and O–H groups in total. The van der Waals surface area contributed by atoms with Crippen molar-refractivity contribution >= 4 is 50.5 Å². The molecular weight excluding hydrogens is 407 g/mol. The molecule has 8 heteroatoms. The smallest absolute Gasteiger partial charge is 0.261 e. The van der Waals surface area contributed by atoms with Crippen LogP contribution in [0.15, 0.2) is 47.4 Å². The topological polar surface area (TPSA) is 75.3 Å². The Bertz CT molecular complexity index is 984. The second-order valence-corrected chi connectivity index (χ2v) is 10.2. The molecule has 144 valence electrons. The highest BCUT2D eigenvalue weighted by Crippen LogP contribution is 2.64. The van der Waals surface area contributed by atoms with Gasteiger partial charge < -0.3 is 5.32 Å². The van der Waals surface area contributed by atoms with E-state index in [1.54, 1.807) is 6.92 Å². The Morgan fingerprint density at radius 3 is 2.04 bits per heavy atom. The van der Waals surface area contributed by atoms with Gasteiger partial charge in [0.05, 0.1) is 16.0 Å². The van der Waals surface area contributed by atoms with Crippen LogP contribution in [-0.4, -0.2) is 18.7 Å². The number of rotatable bonds is 5. The van der Waals surface area contributed by atoms with Crippen LogP contribution in [0.2, 0.25) is 0 Å². The Morgan fingerprint density at radius 2 is 1.56 bits per heavy atom. The monoisotopic (exact) mass is 426 g/mol. The van der Waals surface area contributed by atoms with Crippen molar-refractivity contribution < 1.29 is 13.2 Å². The van der Waals surface area contributed by atoms with Gasteiger partial charge in [-0.1, -0.05) is 18.2 Å². The predicted octanol–water partition coefficient (Wildman–Crippen LogP) is 4.63. The molecule has 1 saturated carbocycles. The zero-order valence-electron chi connectivity index (χ0n) is 15.1. The zero-order chi connectivity index (χ0) is 20.0. The van der Waals surface area contributed by atoms with Gasteiger partial charge >= 0.3 is 0 Å². The quantitative estimate of drug-likeness (QED) is 0.684. The highest BCUT2D eigenvalue weighted by molar-refractivity contribution is 7.92. The van der Waals surface area contributed by atoms with Crippen molar-refractivity contribution in [2.45, 2.75) is 36.4 Å². The Kier molecular flexibility index (Phi) is 4.95. The van der Waals surface area contributed by atoms with E-state index in [1.807, 2.05) is 32.0 Å². The standard InChI is InChI=1S/C19H20Cl2N2O3S/c1-12-5-4-6-13(2)16(12)23-27(25,26)15-9-7-14(8-10-15)22-17(24)18(3)11-19(18,20)21/h4-10,23H,11H2,1-3H3,(H,22,24). The summed E-state index contributed by atoms with van der Waals surface area (Å²) in [6.07, 6.45) is 0.376. The van der Waals surface area contributed by atoms with Gasteiger partial charge in [-0.05, 0) is 62.6 Å². The Balaban J connectivity index is 1.76. The lowest BCUT2D eigenvalue weighted by Crippen LogP contribution is -2.26. The van der Waals surface area contributed by atoms with Crippen LogP contribution >= 0.6 is 23.2 Å². The van der Waals surface area contributed by atoms with Gasteiger partial charge in [0.25, 0.3) is 10.0 Å². The van der Waals surface area contributed by atoms with Crippen molar-refractivity contribution in [2.75, 3.05) is 10.0 Å². The van der Waals surface area contributed by atoms with E-state index in [-0.39, 0.29) is 10.8 Å². The minimum atomic E-state index is -3.74. The van der Waals surface area contributed by atoms with Crippen molar-refractivity contribution in [2.24, 2.45) is 5.41 Å². The zero-order valence-corrected chi connectivity index (χ0v) is 17.5. The first kappa shape index (κ1) is 20.0. The third-order valence-electron chi connectivity index (χ3n) is 4.90. The molecule has 1 aliphatic rings. The number of carbonyl (C=O) groups is 1. The summed E-state index contributed by atoms with van der Waals surface area (Å²) >= 11 is 12.0. The number of amides is 1. The largest absolute Gasteiger partial charge is 0.326 e. The molecule has 1 atom stereocenters. The lowest BCUT2D eigenvalue weighted by atomic mass is 10.1. The first-order valence-electron chi connectivity index (χ1n) is 8.35. The number of alkyl halides is 2. The second kappa shape index (κ2) is 6.69. The first-order valence-corrected chi connectivity index (χ1v) is 10.6. The number of hydrogen-bond acceptors (Lipinski definition) is 3. The normalized spacial score (nSPS) is 20.8. The molecule has 0 spiro atoms. The summed E-state index contributed by atoms with van der Waals surface area (Å²) in [7, 11) is -3.74. The van der Waals surface area contributed by atoms with Crippen molar-refractivity contribution in [3.63, 3.8) is 0 Å². The summed E-state index contributed by atoms with van der Waals surface area (Å²) < 4.78 is 26.9. The van der Waals surface area contributed by atoms with Crippen LogP contribution in [-0.2, 0) is 14.8 Å². The third kappa shape index (κ3) is 3.79. The molecule has 0 aromatic heterocycles. The Hall–Kier alpha value is -1.76. The molecule has 2 aromatic carbocycles. The molecule has 1 aliphatic carbocycles. The van der Waals surface area contributed by atoms with Crippen LogP contribution in [0.4, 0.5) is 11.4 Å². The molecule has 2 aromatic rings. The molecule has 1 fully saturated rings. The molecule has 0 radical (unpaired) electrons. The Morgan fingerprint density at radius 1 is 1.04 bits per heavy atom. The number of nitrogens with one attached hydrogen (secondary N) is 2. The van der Waals surface area contributed by atoms with Crippen LogP contribution in [0.3, 0.4) is 0 Å². The highest BCUT2D eigenvalue weighted by atomic mass is 35.5. The van der Waals surface area contributed by atoms with Gasteiger partial charge in [-0.3, -0.25) is 9.52 Å². The van der Waals surface area contributed by atoms with E-state index in [2.05, 4.69) is 10.0 Å². The average Bonchev–Trinajstić information content (AvgIpc) is 3.11. The molecule has 0 bridgehead atoms. The van der Waals surface area contributed by atoms with Crippen LogP contribution in [0.1, 0.15) is 24.5 Å². The number of aryl methyl sites for hydroxylation is 2. The fourth-order valence-electron chi connectivity index (χ4n) is 2.80. The maximum atomic E-state index is 12.7. The summed E-state index contributed by atoms with van der Waals surface area (Å²) in [6, 6.07) is 11.5. The van der Waals surface area contributed by atoms with Gasteiger partial charge in [0.2, 0.25) is 5.91 Å². The molecule has 3 rings (SSSR count). The molecule has 27 heavy (non-hydrogen) atoms. The number of benzene rings is 2. The summed E-state index contributed by atoms with van der Waals surface area (Å²) in [4.78, 5) is 12.4. The SMILES string of the molecule is Cc1cccc(C)c1NS(=O)(=O)c1ccc(NC(=O)C2(C)CC2(Cl)Cl)cc1. The first-order chi connectivity index (χ1) is 12.5. The van der Waals surface area contributed by atoms with Crippen LogP contribution < -0.4 is 10.0 Å². The minimum Gasteiger partial charge on any atom is -0.326 e. The maximum absolute atomic E-state index is 12.7. The molecular formula is C19H20Cl2N2O3S. The fraction of sp³-hybridized carbons (Fsp3) is 0.316. The van der Waals surface area contributed by atoms with E-state index in [4.69, 9.17) is 23.2 Å². The number of sulfonamides is 1. The molecule has 0 saturated heterocycles. The maximum Gasteiger partial charge on any atom is 0.261 e. The lowest BCUT2D eigenvalue weighted by molar-refractivity contribution is -0.120. The number of hydrogen-bond donors (Lipinski definition) is 2. The van der Waals surface area contributed by atoms with Gasteiger partial charge in [0, 0.05) is 5.69 Å². The van der Waals surface area contributed by atoms with E-state index < -0.39 is 19.8 Å². The van der Waals surface area contributed by atoms with Gasteiger partial charge in [-0.2, -0.15) is 0 Å². The van der Waals surface area contributed by atoms with E-state index in [9.17, 15) is 13.2 Å². The van der Waals surface area contributed by atoms with E-state index in [0.717, 1.165) is 11.1 Å². The summed E-state index contributed by atoms with van der Waals surface area (Å²) in [5, 5.41) is 2.72. The fourth-order valence-corrected chi connectivity index (χ4v) is 4.71. The van der Waals surface area contributed by atoms with Gasteiger partial charge in [-0.15, -0.1) is 23.2 Å². The molecule has 0 aliphatic heterocycles. The molecule has 0 heterocycles. The number of para-hydroxylation sites is 1. The lowest BCUT2D eigenvalue weighted by Gasteiger charge is -2.14. The van der Waals surface area contributed by atoms with Gasteiger partial charge in [0.15, 0.2) is 0 Å².